The third-order valence-electron chi connectivity index (χ3n) is 7.93. The smallest absolute Gasteiger partial charge is 0.328 e. The average molecular weight is 760 g/mol. The van der Waals surface area contributed by atoms with Crippen LogP contribution in [0.4, 0.5) is 0 Å². The van der Waals surface area contributed by atoms with Crippen LogP contribution in [0.25, 0.3) is 0 Å². The second kappa shape index (κ2) is 21.4. The van der Waals surface area contributed by atoms with Gasteiger partial charge in [-0.3, -0.25) is 19.2 Å². The van der Waals surface area contributed by atoms with Crippen LogP contribution >= 0.6 is 19.9 Å². The van der Waals surface area contributed by atoms with Gasteiger partial charge in [-0.05, 0) is 55.7 Å². The van der Waals surface area contributed by atoms with E-state index >= 15 is 0 Å². The molecule has 2 N–H and O–H groups in total. The van der Waals surface area contributed by atoms with Crippen LogP contribution in [0.15, 0.2) is 91.0 Å². The Balaban J connectivity index is 0.00000800. The van der Waals surface area contributed by atoms with Gasteiger partial charge in [0.2, 0.25) is 11.8 Å². The van der Waals surface area contributed by atoms with Gasteiger partial charge in [0, 0.05) is 25.0 Å². The molecule has 2 atom stereocenters. The number of hydrogen-bond donors (Lipinski definition) is 3. The van der Waals surface area contributed by atoms with E-state index in [1.54, 1.807) is 0 Å². The van der Waals surface area contributed by atoms with E-state index in [1.165, 1.54) is 30.1 Å². The Morgan fingerprint density at radius 3 is 1.58 bits per heavy atom. The molecule has 0 spiro atoms. The predicted molar refractivity (Wildman–Crippen MR) is 189 cm³/mol. The lowest BCUT2D eigenvalue weighted by Gasteiger charge is -2.27. The SMILES string of the molecule is COC(=O)CCC(=O)[C@H](CS)NC(=O)CC[C@H](NC(=O)CCCC[P+](c1ccccc1)(c1ccccc1)c1ccccc1)C(=O)OC.[Br-]. The van der Waals surface area contributed by atoms with Gasteiger partial charge in [-0.1, -0.05) is 54.6 Å². The summed E-state index contributed by atoms with van der Waals surface area (Å²) in [5.74, 6) is -2.28. The largest absolute Gasteiger partial charge is 1.00 e. The standard InChI is InChI=1S/C36H43N2O7PS.BrH/c1-44-35(42)24-22-32(39)31(26-47)38-34(41)23-21-30(36(43)45-2)37-33(40)20-12-13-25-46(27-14-6-3-7-15-27,28-16-8-4-9-17-28)29-18-10-5-11-19-29;/h3-11,14-19,30-31H,12-13,20-26H2,1-2H3,(H2-,37,38,40,41,47);1H/t30-,31-;/m0./s1. The number of hydrogen-bond acceptors (Lipinski definition) is 8. The molecule has 0 aromatic heterocycles. The lowest BCUT2D eigenvalue weighted by atomic mass is 10.1. The maximum absolute atomic E-state index is 13.0. The minimum atomic E-state index is -2.02. The summed E-state index contributed by atoms with van der Waals surface area (Å²) in [6.07, 6.45) is 2.12. The van der Waals surface area contributed by atoms with E-state index in [9.17, 15) is 24.0 Å². The normalized spacial score (nSPS) is 12.1. The highest BCUT2D eigenvalue weighted by atomic mass is 79.9. The van der Waals surface area contributed by atoms with E-state index in [0.717, 1.165) is 12.6 Å². The van der Waals surface area contributed by atoms with Gasteiger partial charge in [-0.2, -0.15) is 12.6 Å². The number of unbranched alkanes of at least 4 members (excludes halogenated alkanes) is 1. The highest BCUT2D eigenvalue weighted by Gasteiger charge is 2.44. The monoisotopic (exact) mass is 758 g/mol. The van der Waals surface area contributed by atoms with Gasteiger partial charge < -0.3 is 37.1 Å². The molecule has 48 heavy (non-hydrogen) atoms. The predicted octanol–water partition coefficient (Wildman–Crippen LogP) is 0.530. The van der Waals surface area contributed by atoms with Gasteiger partial charge in [0.1, 0.15) is 29.2 Å². The molecule has 3 rings (SSSR count). The number of ether oxygens (including phenoxy) is 2. The summed E-state index contributed by atoms with van der Waals surface area (Å²) in [5, 5.41) is 9.14. The van der Waals surface area contributed by atoms with Crippen molar-refractivity contribution in [2.75, 3.05) is 26.1 Å². The fraction of sp³-hybridized carbons (Fsp3) is 0.361. The fourth-order valence-electron chi connectivity index (χ4n) is 5.45. The van der Waals surface area contributed by atoms with Crippen LogP contribution in [0.1, 0.15) is 44.9 Å². The Labute approximate surface area is 299 Å². The molecule has 0 bridgehead atoms. The van der Waals surface area contributed by atoms with Crippen molar-refractivity contribution in [3.05, 3.63) is 91.0 Å². The van der Waals surface area contributed by atoms with Crippen molar-refractivity contribution in [3.8, 4) is 0 Å². The van der Waals surface area contributed by atoms with Crippen molar-refractivity contribution in [1.82, 2.24) is 10.6 Å². The Kier molecular flexibility index (Phi) is 18.2. The second-order valence-corrected chi connectivity index (χ2v) is 15.0. The number of nitrogens with one attached hydrogen (secondary N) is 2. The van der Waals surface area contributed by atoms with E-state index in [2.05, 4.69) is 101 Å². The Morgan fingerprint density at radius 2 is 1.12 bits per heavy atom. The van der Waals surface area contributed by atoms with Crippen LogP contribution in [0.5, 0.6) is 0 Å². The summed E-state index contributed by atoms with van der Waals surface area (Å²) < 4.78 is 9.43. The minimum absolute atomic E-state index is 0. The van der Waals surface area contributed by atoms with Crippen molar-refractivity contribution in [2.24, 2.45) is 0 Å². The first-order chi connectivity index (χ1) is 22.7. The topological polar surface area (TPSA) is 128 Å². The van der Waals surface area contributed by atoms with Crippen LogP contribution in [-0.2, 0) is 33.4 Å². The molecule has 0 heterocycles. The number of carbonyl (C=O) groups excluding carboxylic acids is 5. The van der Waals surface area contributed by atoms with Crippen molar-refractivity contribution in [1.29, 1.82) is 0 Å². The average Bonchev–Trinajstić information content (AvgIpc) is 3.12. The highest BCUT2D eigenvalue weighted by Crippen LogP contribution is 2.55. The van der Waals surface area contributed by atoms with Gasteiger partial charge in [-0.25, -0.2) is 4.79 Å². The third-order valence-corrected chi connectivity index (χ3v) is 12.8. The minimum Gasteiger partial charge on any atom is -1.00 e. The number of benzene rings is 3. The quantitative estimate of drug-likeness (QED) is 0.0705. The van der Waals surface area contributed by atoms with E-state index < -0.39 is 37.2 Å². The molecule has 3 aromatic carbocycles. The molecule has 12 heteroatoms. The lowest BCUT2D eigenvalue weighted by Crippen LogP contribution is -3.00. The van der Waals surface area contributed by atoms with Gasteiger partial charge in [0.25, 0.3) is 0 Å². The van der Waals surface area contributed by atoms with E-state index in [0.29, 0.717) is 6.42 Å². The summed E-state index contributed by atoms with van der Waals surface area (Å²) in [6, 6.07) is 29.7. The number of esters is 2. The van der Waals surface area contributed by atoms with E-state index in [-0.39, 0.29) is 66.5 Å². The number of carbonyl (C=O) groups is 5. The first-order valence-corrected chi connectivity index (χ1v) is 18.3. The van der Waals surface area contributed by atoms with Crippen molar-refractivity contribution in [3.63, 3.8) is 0 Å². The van der Waals surface area contributed by atoms with Crippen LogP contribution in [0, 0.1) is 0 Å². The Hall–Kier alpha value is -3.53. The molecule has 0 aliphatic carbocycles. The molecule has 0 unspecified atom stereocenters. The Bertz CT molecular complexity index is 1370. The molecule has 258 valence electrons. The van der Waals surface area contributed by atoms with Crippen molar-refractivity contribution >= 4 is 65.3 Å². The van der Waals surface area contributed by atoms with Gasteiger partial charge in [0.05, 0.1) is 32.8 Å². The first-order valence-electron chi connectivity index (χ1n) is 15.7. The molecule has 3 aromatic rings. The van der Waals surface area contributed by atoms with Gasteiger partial charge >= 0.3 is 11.9 Å². The lowest BCUT2D eigenvalue weighted by molar-refractivity contribution is -0.145. The number of methoxy groups -OCH3 is 2. The molecule has 0 saturated carbocycles. The summed E-state index contributed by atoms with van der Waals surface area (Å²) >= 11 is 4.14. The Morgan fingerprint density at radius 1 is 0.646 bits per heavy atom. The van der Waals surface area contributed by atoms with Crippen LogP contribution < -0.4 is 43.5 Å². The van der Waals surface area contributed by atoms with Crippen molar-refractivity contribution in [2.45, 2.75) is 57.0 Å². The number of thiol groups is 1. The zero-order valence-corrected chi connectivity index (χ0v) is 30.7. The third kappa shape index (κ3) is 11.9. The van der Waals surface area contributed by atoms with Gasteiger partial charge in [0.15, 0.2) is 5.78 Å². The van der Waals surface area contributed by atoms with Crippen LogP contribution in [0.3, 0.4) is 0 Å². The number of amides is 2. The zero-order valence-electron chi connectivity index (χ0n) is 27.3. The van der Waals surface area contributed by atoms with E-state index in [4.69, 9.17) is 4.74 Å². The summed E-state index contributed by atoms with van der Waals surface area (Å²) in [5.41, 5.74) is 0. The van der Waals surface area contributed by atoms with Crippen LogP contribution in [-0.4, -0.2) is 67.8 Å². The summed E-state index contributed by atoms with van der Waals surface area (Å²) in [7, 11) is 0.435. The fourth-order valence-corrected chi connectivity index (χ4v) is 10.2. The maximum Gasteiger partial charge on any atom is 0.328 e. The molecule has 0 radical (unpaired) electrons. The molecule has 0 fully saturated rings. The molecule has 2 amide bonds. The number of Topliss-reactive ketones (excluding diaryl/α,β-unsaturated/α-hetero) is 1. The number of halogens is 1. The highest BCUT2D eigenvalue weighted by molar-refractivity contribution is 7.95. The zero-order chi connectivity index (χ0) is 34.1. The number of rotatable bonds is 19. The second-order valence-electron chi connectivity index (χ2n) is 11.0. The maximum atomic E-state index is 13.0. The molecular weight excluding hydrogens is 715 g/mol. The summed E-state index contributed by atoms with van der Waals surface area (Å²) in [4.78, 5) is 61.9. The first kappa shape index (κ1) is 40.6. The molecule has 9 nitrogen and oxygen atoms in total. The summed E-state index contributed by atoms with van der Waals surface area (Å²) in [6.45, 7) is 0. The molecule has 0 saturated heterocycles. The number of ketones is 1. The van der Waals surface area contributed by atoms with Crippen LogP contribution in [0.2, 0.25) is 0 Å². The molecular formula is C36H44BrN2O7PS. The molecule has 0 aliphatic rings. The van der Waals surface area contributed by atoms with E-state index in [1.807, 2.05) is 18.2 Å². The molecule has 0 aliphatic heterocycles. The van der Waals surface area contributed by atoms with Crippen molar-refractivity contribution < 1.29 is 50.4 Å². The van der Waals surface area contributed by atoms with Gasteiger partial charge in [-0.15, -0.1) is 0 Å².